The monoisotopic (exact) mass is 286 g/mol. The van der Waals surface area contributed by atoms with Gasteiger partial charge in [0.1, 0.15) is 5.69 Å². The third-order valence-corrected chi connectivity index (χ3v) is 3.13. The summed E-state index contributed by atoms with van der Waals surface area (Å²) in [5.41, 5.74) is 2.19. The van der Waals surface area contributed by atoms with Crippen molar-refractivity contribution in [3.63, 3.8) is 0 Å². The van der Waals surface area contributed by atoms with Gasteiger partial charge in [-0.2, -0.15) is 0 Å². The summed E-state index contributed by atoms with van der Waals surface area (Å²) in [7, 11) is 1.74. The molecule has 1 N–H and O–H groups in total. The number of benzene rings is 1. The number of amides is 1. The van der Waals surface area contributed by atoms with E-state index in [0.717, 1.165) is 5.56 Å². The van der Waals surface area contributed by atoms with E-state index in [2.05, 4.69) is 5.32 Å². The molecule has 21 heavy (non-hydrogen) atoms. The molecular formula is C16H18N2O3. The van der Waals surface area contributed by atoms with Crippen LogP contribution in [0.5, 0.6) is 0 Å². The van der Waals surface area contributed by atoms with Crippen molar-refractivity contribution in [2.45, 2.75) is 20.0 Å². The molecule has 0 saturated carbocycles. The fourth-order valence-corrected chi connectivity index (χ4v) is 1.83. The molecule has 1 amide bonds. The van der Waals surface area contributed by atoms with Gasteiger partial charge in [-0.15, -0.1) is 0 Å². The Hall–Kier alpha value is -2.56. The van der Waals surface area contributed by atoms with Gasteiger partial charge in [-0.05, 0) is 38.1 Å². The molecule has 0 aliphatic heterocycles. The average molecular weight is 286 g/mol. The molecule has 0 radical (unpaired) electrons. The van der Waals surface area contributed by atoms with Crippen LogP contribution in [0.25, 0.3) is 0 Å². The van der Waals surface area contributed by atoms with E-state index in [-0.39, 0.29) is 5.91 Å². The van der Waals surface area contributed by atoms with Gasteiger partial charge in [0.15, 0.2) is 6.10 Å². The normalized spacial score (nSPS) is 11.8. The summed E-state index contributed by atoms with van der Waals surface area (Å²) in [5, 5.41) is 2.71. The number of carbonyl (C=O) groups excluding carboxylic acids is 2. The zero-order valence-electron chi connectivity index (χ0n) is 12.3. The average Bonchev–Trinajstić information content (AvgIpc) is 2.87. The summed E-state index contributed by atoms with van der Waals surface area (Å²) in [5.74, 6) is -0.879. The molecule has 0 aliphatic rings. The SMILES string of the molecule is Cc1ccc(NC(=O)[C@@H](C)OC(=O)c2cccn2C)cc1. The molecule has 5 heteroatoms. The number of nitrogens with one attached hydrogen (secondary N) is 1. The van der Waals surface area contributed by atoms with Crippen LogP contribution in [0, 0.1) is 6.92 Å². The molecule has 5 nitrogen and oxygen atoms in total. The van der Waals surface area contributed by atoms with Crippen LogP contribution in [0.4, 0.5) is 5.69 Å². The molecule has 0 saturated heterocycles. The summed E-state index contributed by atoms with van der Waals surface area (Å²) in [6.07, 6.45) is 0.877. The molecule has 0 aliphatic carbocycles. The lowest BCUT2D eigenvalue weighted by molar-refractivity contribution is -0.123. The fraction of sp³-hybridized carbons (Fsp3) is 0.250. The lowest BCUT2D eigenvalue weighted by atomic mass is 10.2. The summed E-state index contributed by atoms with van der Waals surface area (Å²) < 4.78 is 6.81. The predicted molar refractivity (Wildman–Crippen MR) is 80.1 cm³/mol. The number of carbonyl (C=O) groups is 2. The van der Waals surface area contributed by atoms with Gasteiger partial charge in [-0.25, -0.2) is 4.79 Å². The van der Waals surface area contributed by atoms with E-state index in [1.54, 1.807) is 49.0 Å². The van der Waals surface area contributed by atoms with Crippen molar-refractivity contribution in [1.29, 1.82) is 0 Å². The second kappa shape index (κ2) is 6.26. The van der Waals surface area contributed by atoms with Gasteiger partial charge in [0.05, 0.1) is 0 Å². The van der Waals surface area contributed by atoms with Crippen LogP contribution in [0.2, 0.25) is 0 Å². The number of aromatic nitrogens is 1. The third kappa shape index (κ3) is 3.72. The van der Waals surface area contributed by atoms with Crippen molar-refractivity contribution in [3.8, 4) is 0 Å². The number of anilines is 1. The maximum Gasteiger partial charge on any atom is 0.355 e. The molecule has 0 unspecified atom stereocenters. The first-order chi connectivity index (χ1) is 9.97. The largest absolute Gasteiger partial charge is 0.448 e. The minimum Gasteiger partial charge on any atom is -0.448 e. The molecular weight excluding hydrogens is 268 g/mol. The van der Waals surface area contributed by atoms with Crippen LogP contribution in [0.15, 0.2) is 42.6 Å². The number of aryl methyl sites for hydroxylation is 2. The zero-order valence-corrected chi connectivity index (χ0v) is 12.3. The van der Waals surface area contributed by atoms with Crippen molar-refractivity contribution in [3.05, 3.63) is 53.9 Å². The van der Waals surface area contributed by atoms with Crippen LogP contribution in [-0.2, 0) is 16.6 Å². The maximum absolute atomic E-state index is 12.0. The van der Waals surface area contributed by atoms with E-state index in [1.807, 2.05) is 19.1 Å². The first kappa shape index (κ1) is 14.8. The number of hydrogen-bond acceptors (Lipinski definition) is 3. The van der Waals surface area contributed by atoms with Crippen molar-refractivity contribution in [1.82, 2.24) is 4.57 Å². The maximum atomic E-state index is 12.0. The molecule has 1 aromatic heterocycles. The Kier molecular flexibility index (Phi) is 4.42. The van der Waals surface area contributed by atoms with Crippen molar-refractivity contribution < 1.29 is 14.3 Å². The molecule has 110 valence electrons. The Morgan fingerprint density at radius 3 is 2.43 bits per heavy atom. The first-order valence-corrected chi connectivity index (χ1v) is 6.67. The quantitative estimate of drug-likeness (QED) is 0.879. The Morgan fingerprint density at radius 1 is 1.19 bits per heavy atom. The molecule has 2 rings (SSSR count). The number of esters is 1. The van der Waals surface area contributed by atoms with Gasteiger partial charge in [-0.3, -0.25) is 4.79 Å². The summed E-state index contributed by atoms with van der Waals surface area (Å²) in [4.78, 5) is 23.9. The number of hydrogen-bond donors (Lipinski definition) is 1. The number of ether oxygens (including phenoxy) is 1. The first-order valence-electron chi connectivity index (χ1n) is 6.67. The van der Waals surface area contributed by atoms with E-state index in [1.165, 1.54) is 0 Å². The summed E-state index contributed by atoms with van der Waals surface area (Å²) in [6.45, 7) is 3.51. The molecule has 1 aromatic carbocycles. The topological polar surface area (TPSA) is 60.3 Å². The second-order valence-corrected chi connectivity index (χ2v) is 4.91. The molecule has 1 atom stereocenters. The Bertz CT molecular complexity index is 644. The van der Waals surface area contributed by atoms with E-state index < -0.39 is 12.1 Å². The predicted octanol–water partition coefficient (Wildman–Crippen LogP) is 2.52. The minimum atomic E-state index is -0.867. The lowest BCUT2D eigenvalue weighted by Crippen LogP contribution is -2.30. The molecule has 1 heterocycles. The summed E-state index contributed by atoms with van der Waals surface area (Å²) >= 11 is 0. The number of rotatable bonds is 4. The van der Waals surface area contributed by atoms with Crippen molar-refractivity contribution >= 4 is 17.6 Å². The van der Waals surface area contributed by atoms with Crippen LogP contribution in [0.1, 0.15) is 23.0 Å². The van der Waals surface area contributed by atoms with Crippen LogP contribution in [-0.4, -0.2) is 22.5 Å². The highest BCUT2D eigenvalue weighted by Gasteiger charge is 2.20. The Morgan fingerprint density at radius 2 is 1.86 bits per heavy atom. The van der Waals surface area contributed by atoms with E-state index in [0.29, 0.717) is 11.4 Å². The number of nitrogens with zero attached hydrogens (tertiary/aromatic N) is 1. The highest BCUT2D eigenvalue weighted by atomic mass is 16.5. The minimum absolute atomic E-state index is 0.360. The van der Waals surface area contributed by atoms with E-state index >= 15 is 0 Å². The van der Waals surface area contributed by atoms with Crippen LogP contribution in [0.3, 0.4) is 0 Å². The standard InChI is InChI=1S/C16H18N2O3/c1-11-6-8-13(9-7-11)17-15(19)12(2)21-16(20)14-5-4-10-18(14)3/h4-10,12H,1-3H3,(H,17,19)/t12-/m1/s1. The van der Waals surface area contributed by atoms with Gasteiger partial charge >= 0.3 is 5.97 Å². The molecule has 0 fully saturated rings. The zero-order chi connectivity index (χ0) is 15.4. The third-order valence-electron chi connectivity index (χ3n) is 3.13. The van der Waals surface area contributed by atoms with Gasteiger partial charge in [0, 0.05) is 18.9 Å². The van der Waals surface area contributed by atoms with Gasteiger partial charge in [-0.1, -0.05) is 17.7 Å². The van der Waals surface area contributed by atoms with Gasteiger partial charge < -0.3 is 14.6 Å². The lowest BCUT2D eigenvalue weighted by Gasteiger charge is -2.14. The smallest absolute Gasteiger partial charge is 0.355 e. The Labute approximate surface area is 123 Å². The van der Waals surface area contributed by atoms with E-state index in [9.17, 15) is 9.59 Å². The van der Waals surface area contributed by atoms with E-state index in [4.69, 9.17) is 4.74 Å². The molecule has 0 bridgehead atoms. The van der Waals surface area contributed by atoms with Gasteiger partial charge in [0.25, 0.3) is 5.91 Å². The molecule has 0 spiro atoms. The Balaban J connectivity index is 1.95. The van der Waals surface area contributed by atoms with Crippen molar-refractivity contribution in [2.24, 2.45) is 7.05 Å². The summed E-state index contributed by atoms with van der Waals surface area (Å²) in [6, 6.07) is 10.8. The second-order valence-electron chi connectivity index (χ2n) is 4.91. The fourth-order valence-electron chi connectivity index (χ4n) is 1.83. The van der Waals surface area contributed by atoms with Crippen molar-refractivity contribution in [2.75, 3.05) is 5.32 Å². The van der Waals surface area contributed by atoms with Gasteiger partial charge in [0.2, 0.25) is 0 Å². The van der Waals surface area contributed by atoms with Crippen LogP contribution >= 0.6 is 0 Å². The highest BCUT2D eigenvalue weighted by molar-refractivity contribution is 5.96. The van der Waals surface area contributed by atoms with Crippen LogP contribution < -0.4 is 5.32 Å². The molecule has 2 aromatic rings. The highest BCUT2D eigenvalue weighted by Crippen LogP contribution is 2.10.